The van der Waals surface area contributed by atoms with Crippen molar-refractivity contribution < 1.29 is 24.0 Å². The molecule has 200 valence electrons. The van der Waals surface area contributed by atoms with Gasteiger partial charge in [-0.3, -0.25) is 14.4 Å². The Morgan fingerprint density at radius 1 is 0.816 bits per heavy atom. The Balaban J connectivity index is 1.69. The minimum absolute atomic E-state index is 0.0669. The molecule has 0 saturated carbocycles. The average molecular weight is 517 g/mol. The van der Waals surface area contributed by atoms with Crippen LogP contribution in [0.15, 0.2) is 91.0 Å². The van der Waals surface area contributed by atoms with Crippen LogP contribution in [0.4, 0.5) is 0 Å². The van der Waals surface area contributed by atoms with Gasteiger partial charge in [-0.15, -0.1) is 0 Å². The van der Waals surface area contributed by atoms with Crippen LogP contribution >= 0.6 is 0 Å². The van der Waals surface area contributed by atoms with Crippen molar-refractivity contribution in [3.05, 3.63) is 108 Å². The number of ether oxygens (including phenoxy) is 1. The van der Waals surface area contributed by atoms with Gasteiger partial charge in [-0.25, -0.2) is 9.86 Å². The number of rotatable bonds is 15. The summed E-state index contributed by atoms with van der Waals surface area (Å²) in [5, 5.41) is 4.05. The van der Waals surface area contributed by atoms with Crippen LogP contribution in [0.25, 0.3) is 0 Å². The molecule has 2 atom stereocenters. The van der Waals surface area contributed by atoms with Crippen LogP contribution in [0.5, 0.6) is 0 Å². The summed E-state index contributed by atoms with van der Waals surface area (Å²) in [4.78, 5) is 44.0. The maximum Gasteiger partial charge on any atom is 0.329 e. The Hall–Kier alpha value is -3.97. The van der Waals surface area contributed by atoms with Gasteiger partial charge in [0.05, 0.1) is 12.5 Å². The zero-order valence-corrected chi connectivity index (χ0v) is 22.0. The molecule has 0 spiro atoms. The molecule has 0 saturated heterocycles. The van der Waals surface area contributed by atoms with E-state index in [9.17, 15) is 14.4 Å². The van der Waals surface area contributed by atoms with Gasteiger partial charge in [0.25, 0.3) is 0 Å². The highest BCUT2D eigenvalue weighted by molar-refractivity contribution is 5.86. The van der Waals surface area contributed by atoms with E-state index in [1.54, 1.807) is 0 Å². The van der Waals surface area contributed by atoms with Gasteiger partial charge in [-0.1, -0.05) is 105 Å². The lowest BCUT2D eigenvalue weighted by Crippen LogP contribution is -2.48. The number of hydrogen-bond donors (Lipinski definition) is 1. The van der Waals surface area contributed by atoms with Crippen LogP contribution in [-0.2, 0) is 43.6 Å². The number of hydroxylamine groups is 2. The van der Waals surface area contributed by atoms with Crippen molar-refractivity contribution >= 4 is 18.3 Å². The van der Waals surface area contributed by atoms with Crippen molar-refractivity contribution in [3.63, 3.8) is 0 Å². The molecule has 2 amide bonds. The molecule has 3 aromatic rings. The normalized spacial score (nSPS) is 12.4. The predicted molar refractivity (Wildman–Crippen MR) is 145 cm³/mol. The second-order valence-corrected chi connectivity index (χ2v) is 9.63. The molecule has 3 rings (SSSR count). The number of carbonyl (C=O) groups is 3. The standard InChI is InChI=1S/C31H36N2O5/c1-24(2)18-28(20-33(23-34)38-22-27-16-10-5-11-17-27)30(35)32-29(19-25-12-6-3-7-13-25)31(36)37-21-26-14-8-4-9-15-26/h3-17,23-24,28-29H,18-22H2,1-2H3,(H,32,35)/t28-,29+/m1/s1. The summed E-state index contributed by atoms with van der Waals surface area (Å²) in [7, 11) is 0. The summed E-state index contributed by atoms with van der Waals surface area (Å²) in [5.41, 5.74) is 2.67. The highest BCUT2D eigenvalue weighted by atomic mass is 16.7. The first kappa shape index (κ1) is 28.6. The van der Waals surface area contributed by atoms with E-state index in [0.717, 1.165) is 21.8 Å². The third-order valence-corrected chi connectivity index (χ3v) is 5.99. The molecular weight excluding hydrogens is 480 g/mol. The summed E-state index contributed by atoms with van der Waals surface area (Å²) < 4.78 is 5.57. The SMILES string of the molecule is CC(C)C[C@H](CN(C=O)OCc1ccccc1)C(=O)N[C@@H](Cc1ccccc1)C(=O)OCc1ccccc1. The zero-order valence-electron chi connectivity index (χ0n) is 22.0. The molecule has 7 nitrogen and oxygen atoms in total. The van der Waals surface area contributed by atoms with E-state index in [-0.39, 0.29) is 38.0 Å². The highest BCUT2D eigenvalue weighted by Crippen LogP contribution is 2.16. The molecule has 7 heteroatoms. The van der Waals surface area contributed by atoms with E-state index in [1.165, 1.54) is 0 Å². The minimum atomic E-state index is -0.877. The molecule has 3 aromatic carbocycles. The maximum absolute atomic E-state index is 13.5. The first-order chi connectivity index (χ1) is 18.4. The van der Waals surface area contributed by atoms with Gasteiger partial charge in [0.2, 0.25) is 12.3 Å². The topological polar surface area (TPSA) is 84.9 Å². The van der Waals surface area contributed by atoms with Gasteiger partial charge in [-0.2, -0.15) is 0 Å². The maximum atomic E-state index is 13.5. The Morgan fingerprint density at radius 2 is 1.34 bits per heavy atom. The van der Waals surface area contributed by atoms with Crippen molar-refractivity contribution in [2.45, 2.75) is 45.9 Å². The molecule has 0 unspecified atom stereocenters. The number of esters is 1. The minimum Gasteiger partial charge on any atom is -0.459 e. The molecule has 0 aliphatic heterocycles. The Kier molecular flexibility index (Phi) is 11.5. The summed E-state index contributed by atoms with van der Waals surface area (Å²) in [6.45, 7) is 4.40. The lowest BCUT2D eigenvalue weighted by atomic mass is 9.95. The number of hydrogen-bond acceptors (Lipinski definition) is 5. The quantitative estimate of drug-likeness (QED) is 0.180. The van der Waals surface area contributed by atoms with Gasteiger partial charge >= 0.3 is 5.97 Å². The lowest BCUT2D eigenvalue weighted by molar-refractivity contribution is -0.182. The van der Waals surface area contributed by atoms with Gasteiger partial charge in [-0.05, 0) is 29.0 Å². The fourth-order valence-electron chi connectivity index (χ4n) is 4.07. The molecule has 0 aromatic heterocycles. The number of nitrogens with zero attached hydrogens (tertiary/aromatic N) is 1. The van der Waals surface area contributed by atoms with Crippen LogP contribution in [0, 0.1) is 11.8 Å². The highest BCUT2D eigenvalue weighted by Gasteiger charge is 2.29. The molecule has 1 N–H and O–H groups in total. The Bertz CT molecular complexity index is 1120. The van der Waals surface area contributed by atoms with E-state index in [2.05, 4.69) is 5.32 Å². The number of amides is 2. The van der Waals surface area contributed by atoms with Gasteiger partial charge in [0.1, 0.15) is 19.3 Å². The largest absolute Gasteiger partial charge is 0.459 e. The second kappa shape index (κ2) is 15.3. The molecule has 38 heavy (non-hydrogen) atoms. The summed E-state index contributed by atoms with van der Waals surface area (Å²) in [5.74, 6) is -1.23. The monoisotopic (exact) mass is 516 g/mol. The summed E-state index contributed by atoms with van der Waals surface area (Å²) in [6.07, 6.45) is 1.39. The van der Waals surface area contributed by atoms with Crippen LogP contribution in [0.2, 0.25) is 0 Å². The molecule has 0 fully saturated rings. The average Bonchev–Trinajstić information content (AvgIpc) is 2.94. The number of carbonyl (C=O) groups excluding carboxylic acids is 3. The second-order valence-electron chi connectivity index (χ2n) is 9.63. The zero-order chi connectivity index (χ0) is 27.2. The van der Waals surface area contributed by atoms with E-state index in [4.69, 9.17) is 9.57 Å². The van der Waals surface area contributed by atoms with E-state index in [1.807, 2.05) is 105 Å². The van der Waals surface area contributed by atoms with Gasteiger partial charge < -0.3 is 10.1 Å². The van der Waals surface area contributed by atoms with Crippen LogP contribution in [-0.4, -0.2) is 35.9 Å². The van der Waals surface area contributed by atoms with Crippen LogP contribution in [0.1, 0.15) is 37.0 Å². The third kappa shape index (κ3) is 9.82. The fourth-order valence-corrected chi connectivity index (χ4v) is 4.07. The van der Waals surface area contributed by atoms with E-state index in [0.29, 0.717) is 12.8 Å². The molecule has 0 radical (unpaired) electrons. The summed E-state index contributed by atoms with van der Waals surface area (Å²) in [6, 6.07) is 27.5. The van der Waals surface area contributed by atoms with Crippen molar-refractivity contribution in [1.82, 2.24) is 10.4 Å². The van der Waals surface area contributed by atoms with Crippen LogP contribution < -0.4 is 5.32 Å². The van der Waals surface area contributed by atoms with Crippen molar-refractivity contribution in [1.29, 1.82) is 0 Å². The van der Waals surface area contributed by atoms with Crippen molar-refractivity contribution in [2.24, 2.45) is 11.8 Å². The smallest absolute Gasteiger partial charge is 0.329 e. The van der Waals surface area contributed by atoms with Crippen molar-refractivity contribution in [2.75, 3.05) is 6.54 Å². The predicted octanol–water partition coefficient (Wildman–Crippen LogP) is 4.71. The van der Waals surface area contributed by atoms with E-state index < -0.39 is 17.9 Å². The molecular formula is C31H36N2O5. The van der Waals surface area contributed by atoms with E-state index >= 15 is 0 Å². The first-order valence-electron chi connectivity index (χ1n) is 12.9. The Morgan fingerprint density at radius 3 is 1.87 bits per heavy atom. The number of nitrogens with one attached hydrogen (secondary N) is 1. The Labute approximate surface area is 224 Å². The first-order valence-corrected chi connectivity index (χ1v) is 12.9. The molecule has 0 bridgehead atoms. The fraction of sp³-hybridized carbons (Fsp3) is 0.323. The number of benzene rings is 3. The molecule has 0 aliphatic carbocycles. The molecule has 0 aliphatic rings. The van der Waals surface area contributed by atoms with Crippen LogP contribution in [0.3, 0.4) is 0 Å². The molecule has 0 heterocycles. The summed E-state index contributed by atoms with van der Waals surface area (Å²) >= 11 is 0. The third-order valence-electron chi connectivity index (χ3n) is 5.99. The lowest BCUT2D eigenvalue weighted by Gasteiger charge is -2.26. The van der Waals surface area contributed by atoms with Gasteiger partial charge in [0.15, 0.2) is 0 Å². The van der Waals surface area contributed by atoms with Crippen molar-refractivity contribution in [3.8, 4) is 0 Å². The van der Waals surface area contributed by atoms with Gasteiger partial charge in [0, 0.05) is 6.42 Å².